The number of anilines is 1. The fourth-order valence-electron chi connectivity index (χ4n) is 1.85. The summed E-state index contributed by atoms with van der Waals surface area (Å²) in [6, 6.07) is 5.03. The standard InChI is InChI=1S/C12H15Cl2N3O/c13-9-1-2-11(10(14)7-9)16-12(18)8-17-5-3-15-4-6-17/h1-2,7,15H,3-6,8H2,(H,16,18). The molecule has 1 aliphatic rings. The molecule has 98 valence electrons. The number of hydrogen-bond acceptors (Lipinski definition) is 3. The van der Waals surface area contributed by atoms with Gasteiger partial charge in [0.25, 0.3) is 0 Å². The van der Waals surface area contributed by atoms with Gasteiger partial charge in [-0.25, -0.2) is 0 Å². The summed E-state index contributed by atoms with van der Waals surface area (Å²) in [4.78, 5) is 14.0. The maximum absolute atomic E-state index is 11.9. The van der Waals surface area contributed by atoms with Crippen molar-refractivity contribution in [3.05, 3.63) is 28.2 Å². The molecule has 2 N–H and O–H groups in total. The van der Waals surface area contributed by atoms with Crippen molar-refractivity contribution in [1.82, 2.24) is 10.2 Å². The molecule has 0 aliphatic carbocycles. The van der Waals surface area contributed by atoms with E-state index in [2.05, 4.69) is 15.5 Å². The van der Waals surface area contributed by atoms with Crippen molar-refractivity contribution in [2.45, 2.75) is 0 Å². The Morgan fingerprint density at radius 1 is 1.33 bits per heavy atom. The molecular formula is C12H15Cl2N3O. The first-order valence-electron chi connectivity index (χ1n) is 5.83. The van der Waals surface area contributed by atoms with Crippen LogP contribution in [0.15, 0.2) is 18.2 Å². The molecule has 1 aromatic carbocycles. The molecule has 1 amide bonds. The van der Waals surface area contributed by atoms with E-state index in [-0.39, 0.29) is 5.91 Å². The zero-order valence-corrected chi connectivity index (χ0v) is 11.4. The molecule has 2 rings (SSSR count). The number of rotatable bonds is 3. The Morgan fingerprint density at radius 3 is 2.72 bits per heavy atom. The van der Waals surface area contributed by atoms with Crippen LogP contribution in [0.25, 0.3) is 0 Å². The number of amides is 1. The average Bonchev–Trinajstić information content (AvgIpc) is 2.34. The van der Waals surface area contributed by atoms with Gasteiger partial charge in [0, 0.05) is 31.2 Å². The number of benzene rings is 1. The number of piperazine rings is 1. The fraction of sp³-hybridized carbons (Fsp3) is 0.417. The Morgan fingerprint density at radius 2 is 2.06 bits per heavy atom. The normalized spacial score (nSPS) is 16.6. The molecule has 0 atom stereocenters. The van der Waals surface area contributed by atoms with Crippen molar-refractivity contribution in [1.29, 1.82) is 0 Å². The van der Waals surface area contributed by atoms with Gasteiger partial charge in [0.05, 0.1) is 17.3 Å². The van der Waals surface area contributed by atoms with E-state index in [9.17, 15) is 4.79 Å². The van der Waals surface area contributed by atoms with Gasteiger partial charge in [0.2, 0.25) is 5.91 Å². The lowest BCUT2D eigenvalue weighted by atomic mass is 10.3. The minimum atomic E-state index is -0.0545. The minimum absolute atomic E-state index is 0.0545. The lowest BCUT2D eigenvalue weighted by Crippen LogP contribution is -2.46. The molecule has 1 fully saturated rings. The Labute approximate surface area is 116 Å². The zero-order chi connectivity index (χ0) is 13.0. The second-order valence-corrected chi connectivity index (χ2v) is 5.04. The second kappa shape index (κ2) is 6.38. The van der Waals surface area contributed by atoms with E-state index >= 15 is 0 Å². The highest BCUT2D eigenvalue weighted by Crippen LogP contribution is 2.25. The molecule has 0 radical (unpaired) electrons. The van der Waals surface area contributed by atoms with Crippen LogP contribution in [0.3, 0.4) is 0 Å². The van der Waals surface area contributed by atoms with Crippen molar-refractivity contribution in [2.75, 3.05) is 38.0 Å². The fourth-order valence-corrected chi connectivity index (χ4v) is 2.31. The van der Waals surface area contributed by atoms with Crippen LogP contribution in [0, 0.1) is 0 Å². The summed E-state index contributed by atoms with van der Waals surface area (Å²) in [5, 5.41) is 7.05. The van der Waals surface area contributed by atoms with Gasteiger partial charge in [-0.3, -0.25) is 9.69 Å². The first kappa shape index (κ1) is 13.6. The lowest BCUT2D eigenvalue weighted by molar-refractivity contribution is -0.117. The van der Waals surface area contributed by atoms with Crippen LogP contribution in [-0.4, -0.2) is 43.5 Å². The summed E-state index contributed by atoms with van der Waals surface area (Å²) < 4.78 is 0. The van der Waals surface area contributed by atoms with Crippen molar-refractivity contribution in [3.8, 4) is 0 Å². The number of nitrogens with zero attached hydrogens (tertiary/aromatic N) is 1. The highest BCUT2D eigenvalue weighted by atomic mass is 35.5. The van der Waals surface area contributed by atoms with Crippen molar-refractivity contribution >= 4 is 34.8 Å². The Balaban J connectivity index is 1.90. The predicted molar refractivity (Wildman–Crippen MR) is 74.4 cm³/mol. The third kappa shape index (κ3) is 3.85. The summed E-state index contributed by atoms with van der Waals surface area (Å²) in [6.07, 6.45) is 0. The molecule has 1 aliphatic heterocycles. The largest absolute Gasteiger partial charge is 0.324 e. The monoisotopic (exact) mass is 287 g/mol. The van der Waals surface area contributed by atoms with E-state index in [0.29, 0.717) is 22.3 Å². The number of carbonyl (C=O) groups is 1. The van der Waals surface area contributed by atoms with E-state index in [1.54, 1.807) is 18.2 Å². The summed E-state index contributed by atoms with van der Waals surface area (Å²) >= 11 is 11.8. The first-order chi connectivity index (χ1) is 8.65. The lowest BCUT2D eigenvalue weighted by Gasteiger charge is -2.26. The smallest absolute Gasteiger partial charge is 0.238 e. The summed E-state index contributed by atoms with van der Waals surface area (Å²) in [7, 11) is 0. The van der Waals surface area contributed by atoms with E-state index in [4.69, 9.17) is 23.2 Å². The van der Waals surface area contributed by atoms with Crippen molar-refractivity contribution in [2.24, 2.45) is 0 Å². The number of nitrogens with one attached hydrogen (secondary N) is 2. The van der Waals surface area contributed by atoms with Crippen LogP contribution >= 0.6 is 23.2 Å². The molecule has 6 heteroatoms. The molecule has 0 saturated carbocycles. The molecule has 1 saturated heterocycles. The van der Waals surface area contributed by atoms with Crippen molar-refractivity contribution in [3.63, 3.8) is 0 Å². The highest BCUT2D eigenvalue weighted by Gasteiger charge is 2.14. The molecule has 0 aromatic heterocycles. The molecule has 0 bridgehead atoms. The summed E-state index contributed by atoms with van der Waals surface area (Å²) in [5.74, 6) is -0.0545. The Hall–Kier alpha value is -0.810. The van der Waals surface area contributed by atoms with Gasteiger partial charge in [0.15, 0.2) is 0 Å². The SMILES string of the molecule is O=C(CN1CCNCC1)Nc1ccc(Cl)cc1Cl. The van der Waals surface area contributed by atoms with Crippen LogP contribution in [0.2, 0.25) is 10.0 Å². The highest BCUT2D eigenvalue weighted by molar-refractivity contribution is 6.36. The molecular weight excluding hydrogens is 273 g/mol. The van der Waals surface area contributed by atoms with Crippen LogP contribution in [0.4, 0.5) is 5.69 Å². The number of halogens is 2. The molecule has 18 heavy (non-hydrogen) atoms. The average molecular weight is 288 g/mol. The van der Waals surface area contributed by atoms with Gasteiger partial charge in [-0.05, 0) is 18.2 Å². The molecule has 1 aromatic rings. The molecule has 0 unspecified atom stereocenters. The van der Waals surface area contributed by atoms with Crippen LogP contribution in [-0.2, 0) is 4.79 Å². The van der Waals surface area contributed by atoms with Crippen molar-refractivity contribution < 1.29 is 4.79 Å². The first-order valence-corrected chi connectivity index (χ1v) is 6.59. The van der Waals surface area contributed by atoms with Gasteiger partial charge in [0.1, 0.15) is 0 Å². The van der Waals surface area contributed by atoms with E-state index in [1.807, 2.05) is 0 Å². The van der Waals surface area contributed by atoms with Gasteiger partial charge in [-0.2, -0.15) is 0 Å². The molecule has 4 nitrogen and oxygen atoms in total. The van der Waals surface area contributed by atoms with E-state index in [1.165, 1.54) is 0 Å². The van der Waals surface area contributed by atoms with Gasteiger partial charge in [-0.1, -0.05) is 23.2 Å². The zero-order valence-electron chi connectivity index (χ0n) is 9.88. The maximum Gasteiger partial charge on any atom is 0.238 e. The third-order valence-electron chi connectivity index (χ3n) is 2.78. The van der Waals surface area contributed by atoms with Gasteiger partial charge < -0.3 is 10.6 Å². The van der Waals surface area contributed by atoms with Crippen LogP contribution in [0.5, 0.6) is 0 Å². The molecule has 0 spiro atoms. The number of carbonyl (C=O) groups excluding carboxylic acids is 1. The topological polar surface area (TPSA) is 44.4 Å². The summed E-state index contributed by atoms with van der Waals surface area (Å²) in [6.45, 7) is 4.02. The van der Waals surface area contributed by atoms with Gasteiger partial charge in [-0.15, -0.1) is 0 Å². The minimum Gasteiger partial charge on any atom is -0.324 e. The second-order valence-electron chi connectivity index (χ2n) is 4.20. The van der Waals surface area contributed by atoms with Crippen LogP contribution in [0.1, 0.15) is 0 Å². The predicted octanol–water partition coefficient (Wildman–Crippen LogP) is 1.84. The number of hydrogen-bond donors (Lipinski definition) is 2. The van der Waals surface area contributed by atoms with E-state index in [0.717, 1.165) is 26.2 Å². The summed E-state index contributed by atoms with van der Waals surface area (Å²) in [5.41, 5.74) is 0.598. The van der Waals surface area contributed by atoms with E-state index < -0.39 is 0 Å². The molecule has 1 heterocycles. The quantitative estimate of drug-likeness (QED) is 0.892. The third-order valence-corrected chi connectivity index (χ3v) is 3.33. The maximum atomic E-state index is 11.9. The van der Waals surface area contributed by atoms with Crippen LogP contribution < -0.4 is 10.6 Å². The van der Waals surface area contributed by atoms with Gasteiger partial charge >= 0.3 is 0 Å². The Bertz CT molecular complexity index is 433. The Kier molecular flexibility index (Phi) is 4.83.